The van der Waals surface area contributed by atoms with E-state index < -0.39 is 0 Å². The number of ether oxygens (including phenoxy) is 2. The molecule has 0 fully saturated rings. The van der Waals surface area contributed by atoms with E-state index >= 15 is 0 Å². The van der Waals surface area contributed by atoms with Gasteiger partial charge in [-0.05, 0) is 41.0 Å². The van der Waals surface area contributed by atoms with Crippen LogP contribution in [0.3, 0.4) is 0 Å². The number of nitrogens with one attached hydrogen (secondary N) is 1. The van der Waals surface area contributed by atoms with Crippen molar-refractivity contribution in [1.29, 1.82) is 0 Å². The third-order valence-corrected chi connectivity index (χ3v) is 7.17. The van der Waals surface area contributed by atoms with Crippen LogP contribution in [0.15, 0.2) is 103 Å². The molecule has 1 N–H and O–H groups in total. The number of nitrogens with zero attached hydrogens (tertiary/aromatic N) is 2. The second-order valence-electron chi connectivity index (χ2n) is 9.37. The lowest BCUT2D eigenvalue weighted by Crippen LogP contribution is -2.29. The zero-order valence-corrected chi connectivity index (χ0v) is 22.1. The first kappa shape index (κ1) is 24.8. The van der Waals surface area contributed by atoms with Crippen molar-refractivity contribution < 1.29 is 14.3 Å². The van der Waals surface area contributed by atoms with Crippen LogP contribution in [0.5, 0.6) is 11.5 Å². The Morgan fingerprint density at radius 1 is 0.872 bits per heavy atom. The molecule has 0 saturated heterocycles. The van der Waals surface area contributed by atoms with Crippen molar-refractivity contribution in [2.75, 3.05) is 7.11 Å². The molecule has 5 aromatic rings. The third kappa shape index (κ3) is 4.87. The van der Waals surface area contributed by atoms with Gasteiger partial charge in [0.2, 0.25) is 0 Å². The molecular weight excluding hydrogens is 510 g/mol. The first-order valence-corrected chi connectivity index (χ1v) is 13.0. The van der Waals surface area contributed by atoms with Crippen molar-refractivity contribution in [2.24, 2.45) is 0 Å². The summed E-state index contributed by atoms with van der Waals surface area (Å²) in [6.07, 6.45) is 0. The zero-order chi connectivity index (χ0) is 26.8. The van der Waals surface area contributed by atoms with Gasteiger partial charge < -0.3 is 14.4 Å². The molecule has 0 aliphatic carbocycles. The summed E-state index contributed by atoms with van der Waals surface area (Å²) in [6, 6.07) is 32.9. The van der Waals surface area contributed by atoms with Crippen molar-refractivity contribution >= 4 is 17.5 Å². The number of rotatable bonds is 8. The maximum absolute atomic E-state index is 13.7. The number of fused-ring (bicyclic) bond motifs is 1. The number of carbonyl (C=O) groups is 1. The minimum atomic E-state index is -0.380. The zero-order valence-electron chi connectivity index (χ0n) is 21.3. The smallest absolute Gasteiger partial charge is 0.273 e. The fourth-order valence-corrected chi connectivity index (χ4v) is 5.15. The summed E-state index contributed by atoms with van der Waals surface area (Å²) >= 11 is 6.15. The molecule has 0 radical (unpaired) electrons. The molecule has 1 aliphatic rings. The maximum Gasteiger partial charge on any atom is 0.273 e. The molecule has 6 nitrogen and oxygen atoms in total. The van der Waals surface area contributed by atoms with Gasteiger partial charge in [-0.2, -0.15) is 5.10 Å². The van der Waals surface area contributed by atoms with Crippen LogP contribution in [0.25, 0.3) is 11.3 Å². The van der Waals surface area contributed by atoms with Crippen LogP contribution in [-0.4, -0.2) is 28.1 Å². The van der Waals surface area contributed by atoms with E-state index in [1.54, 1.807) is 7.11 Å². The quantitative estimate of drug-likeness (QED) is 0.231. The number of aromatic nitrogens is 2. The Kier molecular flexibility index (Phi) is 6.78. The predicted octanol–water partition coefficient (Wildman–Crippen LogP) is 7.06. The highest BCUT2D eigenvalue weighted by molar-refractivity contribution is 6.30. The molecule has 1 atom stereocenters. The average molecular weight is 536 g/mol. The summed E-state index contributed by atoms with van der Waals surface area (Å²) in [6.45, 7) is 0.868. The molecular formula is C32H26ClN3O3. The fourth-order valence-electron chi connectivity index (χ4n) is 5.02. The summed E-state index contributed by atoms with van der Waals surface area (Å²) in [5.41, 5.74) is 5.93. The van der Waals surface area contributed by atoms with Crippen LogP contribution in [0, 0.1) is 0 Å². The van der Waals surface area contributed by atoms with Crippen LogP contribution >= 0.6 is 11.6 Å². The van der Waals surface area contributed by atoms with Crippen molar-refractivity contribution in [2.45, 2.75) is 19.2 Å². The Bertz CT molecular complexity index is 1600. The molecule has 0 saturated carbocycles. The SMILES string of the molecule is COc1cc(C2c3c(-c4ccc(Cl)cc4)n[nH]c3C(=O)N2Cc2ccccc2)ccc1OCc1ccccc1. The molecule has 0 spiro atoms. The number of methoxy groups -OCH3 is 1. The summed E-state index contributed by atoms with van der Waals surface area (Å²) in [7, 11) is 1.62. The number of halogens is 1. The number of amides is 1. The molecule has 39 heavy (non-hydrogen) atoms. The van der Waals surface area contributed by atoms with Crippen LogP contribution in [0.1, 0.15) is 38.8 Å². The van der Waals surface area contributed by atoms with E-state index in [0.717, 1.165) is 33.5 Å². The summed E-state index contributed by atoms with van der Waals surface area (Å²) in [5, 5.41) is 8.21. The van der Waals surface area contributed by atoms with E-state index in [0.29, 0.717) is 35.4 Å². The highest BCUT2D eigenvalue weighted by atomic mass is 35.5. The second kappa shape index (κ2) is 10.7. The summed E-state index contributed by atoms with van der Waals surface area (Å²) < 4.78 is 11.8. The van der Waals surface area contributed by atoms with Gasteiger partial charge in [0.15, 0.2) is 11.5 Å². The fraction of sp³-hybridized carbons (Fsp3) is 0.125. The number of carbonyl (C=O) groups excluding carboxylic acids is 1. The maximum atomic E-state index is 13.7. The van der Waals surface area contributed by atoms with Crippen molar-refractivity contribution in [3.63, 3.8) is 0 Å². The first-order valence-electron chi connectivity index (χ1n) is 12.7. The van der Waals surface area contributed by atoms with Crippen LogP contribution < -0.4 is 9.47 Å². The average Bonchev–Trinajstić information content (AvgIpc) is 3.52. The number of aromatic amines is 1. The molecule has 0 bridgehead atoms. The van der Waals surface area contributed by atoms with Gasteiger partial charge in [-0.25, -0.2) is 0 Å². The predicted molar refractivity (Wildman–Crippen MR) is 151 cm³/mol. The number of hydrogen-bond donors (Lipinski definition) is 1. The van der Waals surface area contributed by atoms with Gasteiger partial charge in [0.05, 0.1) is 18.8 Å². The van der Waals surface area contributed by atoms with Gasteiger partial charge in [-0.15, -0.1) is 0 Å². The standard InChI is InChI=1S/C32H26ClN3O3/c1-38-27-18-24(14-17-26(27)39-20-22-10-6-3-7-11-22)31-28-29(23-12-15-25(33)16-13-23)34-35-30(28)32(37)36(31)19-21-8-4-2-5-9-21/h2-18,31H,19-20H2,1H3,(H,34,35). The first-order chi connectivity index (χ1) is 19.1. The molecule has 194 valence electrons. The molecule has 4 aromatic carbocycles. The molecule has 1 amide bonds. The highest BCUT2D eigenvalue weighted by Gasteiger charge is 2.42. The lowest BCUT2D eigenvalue weighted by Gasteiger charge is -2.27. The molecule has 6 rings (SSSR count). The van der Waals surface area contributed by atoms with Crippen molar-refractivity contribution in [1.82, 2.24) is 15.1 Å². The number of hydrogen-bond acceptors (Lipinski definition) is 4. The molecule has 7 heteroatoms. The van der Waals surface area contributed by atoms with E-state index in [9.17, 15) is 4.79 Å². The van der Waals surface area contributed by atoms with Gasteiger partial charge in [0, 0.05) is 22.7 Å². The Hall–Kier alpha value is -4.55. The van der Waals surface area contributed by atoms with Crippen LogP contribution in [-0.2, 0) is 13.2 Å². The lowest BCUT2D eigenvalue weighted by atomic mass is 9.95. The van der Waals surface area contributed by atoms with Gasteiger partial charge in [-0.3, -0.25) is 9.89 Å². The molecule has 1 aliphatic heterocycles. The molecule has 1 aromatic heterocycles. The summed E-state index contributed by atoms with van der Waals surface area (Å²) in [5.74, 6) is 1.13. The monoisotopic (exact) mass is 535 g/mol. The normalized spacial score (nSPS) is 14.4. The van der Waals surface area contributed by atoms with E-state index in [-0.39, 0.29) is 11.9 Å². The van der Waals surface area contributed by atoms with Crippen molar-refractivity contribution in [3.8, 4) is 22.8 Å². The Morgan fingerprint density at radius 2 is 1.56 bits per heavy atom. The van der Waals surface area contributed by atoms with Crippen LogP contribution in [0.4, 0.5) is 0 Å². The largest absolute Gasteiger partial charge is 0.493 e. The Labute approximate surface area is 231 Å². The topological polar surface area (TPSA) is 67.5 Å². The van der Waals surface area contributed by atoms with E-state index in [4.69, 9.17) is 21.1 Å². The second-order valence-corrected chi connectivity index (χ2v) is 9.81. The van der Waals surface area contributed by atoms with Crippen molar-refractivity contribution in [3.05, 3.63) is 136 Å². The van der Waals surface area contributed by atoms with Gasteiger partial charge in [0.1, 0.15) is 12.3 Å². The minimum Gasteiger partial charge on any atom is -0.493 e. The lowest BCUT2D eigenvalue weighted by molar-refractivity contribution is 0.0730. The van der Waals surface area contributed by atoms with E-state index in [1.165, 1.54) is 0 Å². The minimum absolute atomic E-state index is 0.102. The Balaban J connectivity index is 1.41. The van der Waals surface area contributed by atoms with Gasteiger partial charge in [-0.1, -0.05) is 90.5 Å². The van der Waals surface area contributed by atoms with E-state index in [2.05, 4.69) is 10.2 Å². The summed E-state index contributed by atoms with van der Waals surface area (Å²) in [4.78, 5) is 15.6. The molecule has 1 unspecified atom stereocenters. The molecule has 2 heterocycles. The Morgan fingerprint density at radius 3 is 2.26 bits per heavy atom. The number of benzene rings is 4. The van der Waals surface area contributed by atoms with Gasteiger partial charge in [0.25, 0.3) is 5.91 Å². The van der Waals surface area contributed by atoms with E-state index in [1.807, 2.05) is 108 Å². The number of H-pyrrole nitrogens is 1. The highest BCUT2D eigenvalue weighted by Crippen LogP contribution is 2.45. The third-order valence-electron chi connectivity index (χ3n) is 6.92. The van der Waals surface area contributed by atoms with Crippen LogP contribution in [0.2, 0.25) is 5.02 Å². The van der Waals surface area contributed by atoms with Gasteiger partial charge >= 0.3 is 0 Å².